The number of hydrogen-bond acceptors (Lipinski definition) is 3. The first-order valence-electron chi connectivity index (χ1n) is 5.92. The smallest absolute Gasteiger partial charge is 0.138 e. The van der Waals surface area contributed by atoms with Crippen LogP contribution in [0.4, 0.5) is 0 Å². The van der Waals surface area contributed by atoms with Crippen LogP contribution in [0, 0.1) is 5.92 Å². The molecular formula is C11H20N4. The molecule has 0 amide bonds. The Labute approximate surface area is 90.9 Å². The summed E-state index contributed by atoms with van der Waals surface area (Å²) in [6.07, 6.45) is 7.40. The fourth-order valence-corrected chi connectivity index (χ4v) is 2.40. The van der Waals surface area contributed by atoms with Gasteiger partial charge in [0.15, 0.2) is 0 Å². The Bertz CT molecular complexity index is 307. The minimum atomic E-state index is 0.414. The van der Waals surface area contributed by atoms with E-state index < -0.39 is 0 Å². The number of nitrogens with zero attached hydrogens (tertiary/aromatic N) is 3. The molecule has 15 heavy (non-hydrogen) atoms. The van der Waals surface area contributed by atoms with Crippen molar-refractivity contribution in [1.29, 1.82) is 0 Å². The number of nitrogens with two attached hydrogens (primary N) is 1. The number of rotatable bonds is 4. The largest absolute Gasteiger partial charge is 0.328 e. The van der Waals surface area contributed by atoms with Gasteiger partial charge in [0.25, 0.3) is 0 Å². The highest BCUT2D eigenvalue weighted by Crippen LogP contribution is 2.26. The third-order valence-electron chi connectivity index (χ3n) is 3.18. The maximum Gasteiger partial charge on any atom is 0.138 e. The van der Waals surface area contributed by atoms with Gasteiger partial charge in [0.05, 0.1) is 0 Å². The Morgan fingerprint density at radius 2 is 2.40 bits per heavy atom. The number of hydrogen-bond donors (Lipinski definition) is 1. The molecule has 1 aliphatic rings. The maximum absolute atomic E-state index is 5.91. The van der Waals surface area contributed by atoms with Crippen LogP contribution < -0.4 is 5.73 Å². The Morgan fingerprint density at radius 3 is 3.07 bits per heavy atom. The molecule has 0 bridgehead atoms. The van der Waals surface area contributed by atoms with Gasteiger partial charge >= 0.3 is 0 Å². The molecule has 2 rings (SSSR count). The summed E-state index contributed by atoms with van der Waals surface area (Å²) < 4.78 is 2.03. The lowest BCUT2D eigenvalue weighted by atomic mass is 10.0. The van der Waals surface area contributed by atoms with Gasteiger partial charge in [0.2, 0.25) is 0 Å². The molecule has 0 radical (unpaired) electrons. The van der Waals surface area contributed by atoms with Crippen LogP contribution in [0.2, 0.25) is 0 Å². The zero-order valence-electron chi connectivity index (χ0n) is 9.39. The SMILES string of the molecule is CCCn1ncnc1CC1CCC(N)C1. The quantitative estimate of drug-likeness (QED) is 0.812. The van der Waals surface area contributed by atoms with E-state index in [2.05, 4.69) is 17.0 Å². The first-order valence-corrected chi connectivity index (χ1v) is 5.92. The van der Waals surface area contributed by atoms with Crippen LogP contribution >= 0.6 is 0 Å². The molecule has 2 unspecified atom stereocenters. The molecule has 1 aromatic rings. The highest BCUT2D eigenvalue weighted by atomic mass is 15.3. The van der Waals surface area contributed by atoms with Crippen molar-refractivity contribution in [1.82, 2.24) is 14.8 Å². The zero-order chi connectivity index (χ0) is 10.7. The van der Waals surface area contributed by atoms with Gasteiger partial charge in [0, 0.05) is 19.0 Å². The average Bonchev–Trinajstić information content (AvgIpc) is 2.78. The van der Waals surface area contributed by atoms with Crippen LogP contribution in [-0.4, -0.2) is 20.8 Å². The minimum Gasteiger partial charge on any atom is -0.328 e. The van der Waals surface area contributed by atoms with Gasteiger partial charge in [-0.05, 0) is 31.6 Å². The van der Waals surface area contributed by atoms with Crippen LogP contribution in [0.15, 0.2) is 6.33 Å². The third-order valence-corrected chi connectivity index (χ3v) is 3.18. The second kappa shape index (κ2) is 4.75. The monoisotopic (exact) mass is 208 g/mol. The van der Waals surface area contributed by atoms with Gasteiger partial charge in [0.1, 0.15) is 12.2 Å². The standard InChI is InChI=1S/C11H20N4/c1-2-5-15-11(13-8-14-15)7-9-3-4-10(12)6-9/h8-10H,2-7,12H2,1H3. The predicted octanol–water partition coefficient (Wildman–Crippen LogP) is 1.36. The summed E-state index contributed by atoms with van der Waals surface area (Å²) in [6.45, 7) is 3.14. The lowest BCUT2D eigenvalue weighted by molar-refractivity contribution is 0.483. The zero-order valence-corrected chi connectivity index (χ0v) is 9.39. The molecule has 0 aromatic carbocycles. The van der Waals surface area contributed by atoms with E-state index >= 15 is 0 Å². The first kappa shape index (κ1) is 10.6. The van der Waals surface area contributed by atoms with E-state index in [0.29, 0.717) is 6.04 Å². The van der Waals surface area contributed by atoms with Crippen molar-refractivity contribution in [2.24, 2.45) is 11.7 Å². The fraction of sp³-hybridized carbons (Fsp3) is 0.818. The summed E-state index contributed by atoms with van der Waals surface area (Å²) in [5.74, 6) is 1.86. The average molecular weight is 208 g/mol. The molecule has 2 N–H and O–H groups in total. The van der Waals surface area contributed by atoms with E-state index in [4.69, 9.17) is 5.73 Å². The van der Waals surface area contributed by atoms with Gasteiger partial charge in [-0.2, -0.15) is 5.10 Å². The normalized spacial score (nSPS) is 26.0. The van der Waals surface area contributed by atoms with Gasteiger partial charge in [-0.25, -0.2) is 4.98 Å². The second-order valence-corrected chi connectivity index (χ2v) is 4.54. The van der Waals surface area contributed by atoms with Crippen molar-refractivity contribution in [3.63, 3.8) is 0 Å². The van der Waals surface area contributed by atoms with Crippen LogP contribution in [0.5, 0.6) is 0 Å². The summed E-state index contributed by atoms with van der Waals surface area (Å²) >= 11 is 0. The van der Waals surface area contributed by atoms with Crippen LogP contribution in [-0.2, 0) is 13.0 Å². The molecule has 1 heterocycles. The van der Waals surface area contributed by atoms with E-state index in [9.17, 15) is 0 Å². The van der Waals surface area contributed by atoms with Gasteiger partial charge < -0.3 is 5.73 Å². The molecule has 1 aliphatic carbocycles. The Morgan fingerprint density at radius 1 is 1.53 bits per heavy atom. The van der Waals surface area contributed by atoms with E-state index in [1.807, 2.05) is 4.68 Å². The number of aromatic nitrogens is 3. The lowest BCUT2D eigenvalue weighted by Gasteiger charge is -2.09. The summed E-state index contributed by atoms with van der Waals surface area (Å²) in [5, 5.41) is 4.24. The van der Waals surface area contributed by atoms with Crippen molar-refractivity contribution < 1.29 is 0 Å². The molecule has 0 spiro atoms. The molecule has 4 nitrogen and oxygen atoms in total. The topological polar surface area (TPSA) is 56.7 Å². The first-order chi connectivity index (χ1) is 7.29. The predicted molar refractivity (Wildman–Crippen MR) is 59.3 cm³/mol. The van der Waals surface area contributed by atoms with Crippen molar-refractivity contribution >= 4 is 0 Å². The lowest BCUT2D eigenvalue weighted by Crippen LogP contribution is -2.16. The molecule has 2 atom stereocenters. The molecule has 1 fully saturated rings. The summed E-state index contributed by atoms with van der Waals surface area (Å²) in [4.78, 5) is 4.33. The number of aryl methyl sites for hydroxylation is 1. The molecular weight excluding hydrogens is 188 g/mol. The second-order valence-electron chi connectivity index (χ2n) is 4.54. The molecule has 0 saturated heterocycles. The molecule has 4 heteroatoms. The Hall–Kier alpha value is -0.900. The maximum atomic E-state index is 5.91. The van der Waals surface area contributed by atoms with E-state index in [1.54, 1.807) is 6.33 Å². The highest BCUT2D eigenvalue weighted by Gasteiger charge is 2.23. The molecule has 1 saturated carbocycles. The van der Waals surface area contributed by atoms with Gasteiger partial charge in [-0.3, -0.25) is 4.68 Å². The highest BCUT2D eigenvalue weighted by molar-refractivity contribution is 4.91. The van der Waals surface area contributed by atoms with Crippen molar-refractivity contribution in [2.45, 2.75) is 51.6 Å². The van der Waals surface area contributed by atoms with Gasteiger partial charge in [-0.15, -0.1) is 0 Å². The minimum absolute atomic E-state index is 0.414. The van der Waals surface area contributed by atoms with Crippen molar-refractivity contribution in [3.05, 3.63) is 12.2 Å². The van der Waals surface area contributed by atoms with E-state index in [1.165, 1.54) is 12.8 Å². The van der Waals surface area contributed by atoms with Gasteiger partial charge in [-0.1, -0.05) is 6.92 Å². The fourth-order valence-electron chi connectivity index (χ4n) is 2.40. The van der Waals surface area contributed by atoms with Crippen molar-refractivity contribution in [3.8, 4) is 0 Å². The van der Waals surface area contributed by atoms with Crippen LogP contribution in [0.1, 0.15) is 38.4 Å². The van der Waals surface area contributed by atoms with Crippen LogP contribution in [0.3, 0.4) is 0 Å². The van der Waals surface area contributed by atoms with Crippen LogP contribution in [0.25, 0.3) is 0 Å². The molecule has 1 aromatic heterocycles. The third kappa shape index (κ3) is 2.56. The summed E-state index contributed by atoms with van der Waals surface area (Å²) in [5.41, 5.74) is 5.91. The molecule has 0 aliphatic heterocycles. The van der Waals surface area contributed by atoms with E-state index in [0.717, 1.165) is 37.5 Å². The van der Waals surface area contributed by atoms with E-state index in [-0.39, 0.29) is 0 Å². The Balaban J connectivity index is 1.95. The summed E-state index contributed by atoms with van der Waals surface area (Å²) in [7, 11) is 0. The molecule has 84 valence electrons. The summed E-state index contributed by atoms with van der Waals surface area (Å²) in [6, 6.07) is 0.414. The van der Waals surface area contributed by atoms with Crippen molar-refractivity contribution in [2.75, 3.05) is 0 Å². The Kier molecular flexibility index (Phi) is 3.36.